The van der Waals surface area contributed by atoms with Crippen LogP contribution in [0.1, 0.15) is 46.0 Å². The standard InChI is InChI=1S/C16H18FNO2/c1-9-7-13(5-6-15(9)17)16(19)18-11(3)14-8-10(2)20-12(14)4/h5-8,11H,1-4H3,(H,18,19). The average molecular weight is 275 g/mol. The smallest absolute Gasteiger partial charge is 0.251 e. The van der Waals surface area contributed by atoms with E-state index in [1.54, 1.807) is 13.0 Å². The van der Waals surface area contributed by atoms with Gasteiger partial charge in [0.15, 0.2) is 0 Å². The fourth-order valence-corrected chi connectivity index (χ4v) is 2.22. The van der Waals surface area contributed by atoms with Gasteiger partial charge in [-0.15, -0.1) is 0 Å². The molecule has 1 unspecified atom stereocenters. The molecule has 1 N–H and O–H groups in total. The maximum absolute atomic E-state index is 13.2. The van der Waals surface area contributed by atoms with Crippen LogP contribution in [-0.2, 0) is 0 Å². The van der Waals surface area contributed by atoms with Crippen LogP contribution in [0.4, 0.5) is 4.39 Å². The highest BCUT2D eigenvalue weighted by Gasteiger charge is 2.16. The summed E-state index contributed by atoms with van der Waals surface area (Å²) in [5, 5.41) is 2.89. The molecule has 0 bridgehead atoms. The Balaban J connectivity index is 2.15. The molecule has 0 aliphatic heterocycles. The molecule has 0 spiro atoms. The van der Waals surface area contributed by atoms with Gasteiger partial charge in [0.25, 0.3) is 5.91 Å². The zero-order valence-electron chi connectivity index (χ0n) is 12.1. The summed E-state index contributed by atoms with van der Waals surface area (Å²) in [6.45, 7) is 7.27. The van der Waals surface area contributed by atoms with Gasteiger partial charge in [0.2, 0.25) is 0 Å². The van der Waals surface area contributed by atoms with Gasteiger partial charge < -0.3 is 9.73 Å². The first-order valence-corrected chi connectivity index (χ1v) is 6.52. The van der Waals surface area contributed by atoms with Gasteiger partial charge in [-0.25, -0.2) is 4.39 Å². The number of rotatable bonds is 3. The van der Waals surface area contributed by atoms with E-state index in [0.29, 0.717) is 11.1 Å². The largest absolute Gasteiger partial charge is 0.466 e. The molecule has 1 atom stereocenters. The fourth-order valence-electron chi connectivity index (χ4n) is 2.22. The lowest BCUT2D eigenvalue weighted by Crippen LogP contribution is -2.26. The van der Waals surface area contributed by atoms with Crippen LogP contribution >= 0.6 is 0 Å². The second-order valence-electron chi connectivity index (χ2n) is 5.03. The summed E-state index contributed by atoms with van der Waals surface area (Å²) in [6, 6.07) is 6.09. The Morgan fingerprint density at radius 2 is 1.95 bits per heavy atom. The van der Waals surface area contributed by atoms with Crippen LogP contribution in [0, 0.1) is 26.6 Å². The van der Waals surface area contributed by atoms with E-state index in [0.717, 1.165) is 17.1 Å². The number of hydrogen-bond donors (Lipinski definition) is 1. The quantitative estimate of drug-likeness (QED) is 0.924. The third-order valence-electron chi connectivity index (χ3n) is 3.31. The summed E-state index contributed by atoms with van der Waals surface area (Å²) in [5.74, 6) is 1.08. The Morgan fingerprint density at radius 3 is 2.50 bits per heavy atom. The Morgan fingerprint density at radius 1 is 1.25 bits per heavy atom. The Hall–Kier alpha value is -2.10. The number of carbonyl (C=O) groups is 1. The Kier molecular flexibility index (Phi) is 3.93. The molecule has 0 aliphatic carbocycles. The van der Waals surface area contributed by atoms with Gasteiger partial charge in [0, 0.05) is 11.1 Å². The molecule has 4 heteroatoms. The maximum atomic E-state index is 13.2. The minimum atomic E-state index is -0.309. The van der Waals surface area contributed by atoms with Crippen LogP contribution in [-0.4, -0.2) is 5.91 Å². The summed E-state index contributed by atoms with van der Waals surface area (Å²) in [4.78, 5) is 12.1. The van der Waals surface area contributed by atoms with Crippen molar-refractivity contribution in [2.24, 2.45) is 0 Å². The molecule has 1 amide bonds. The van der Waals surface area contributed by atoms with E-state index in [2.05, 4.69) is 5.32 Å². The molecule has 106 valence electrons. The topological polar surface area (TPSA) is 42.2 Å². The van der Waals surface area contributed by atoms with Crippen LogP contribution < -0.4 is 5.32 Å². The number of hydrogen-bond acceptors (Lipinski definition) is 2. The number of aryl methyl sites for hydroxylation is 3. The van der Waals surface area contributed by atoms with E-state index in [1.165, 1.54) is 12.1 Å². The molecule has 0 aliphatic rings. The van der Waals surface area contributed by atoms with Crippen LogP contribution in [0.3, 0.4) is 0 Å². The summed E-state index contributed by atoms with van der Waals surface area (Å²) in [7, 11) is 0. The van der Waals surface area contributed by atoms with Crippen molar-refractivity contribution in [1.29, 1.82) is 0 Å². The molecule has 0 radical (unpaired) electrons. The highest BCUT2D eigenvalue weighted by atomic mass is 19.1. The van der Waals surface area contributed by atoms with E-state index in [1.807, 2.05) is 26.8 Å². The second kappa shape index (κ2) is 5.49. The molecule has 1 aromatic carbocycles. The highest BCUT2D eigenvalue weighted by Crippen LogP contribution is 2.21. The summed E-state index contributed by atoms with van der Waals surface area (Å²) < 4.78 is 18.7. The minimum Gasteiger partial charge on any atom is -0.466 e. The summed E-state index contributed by atoms with van der Waals surface area (Å²) in [5.41, 5.74) is 1.86. The van der Waals surface area contributed by atoms with Gasteiger partial charge in [-0.2, -0.15) is 0 Å². The molecule has 3 nitrogen and oxygen atoms in total. The van der Waals surface area contributed by atoms with Crippen molar-refractivity contribution in [2.45, 2.75) is 33.7 Å². The molecule has 0 saturated heterocycles. The molecule has 0 fully saturated rings. The van der Waals surface area contributed by atoms with Crippen molar-refractivity contribution in [3.05, 3.63) is 58.3 Å². The molecule has 1 heterocycles. The van der Waals surface area contributed by atoms with Crippen LogP contribution in [0.5, 0.6) is 0 Å². The van der Waals surface area contributed by atoms with Gasteiger partial charge in [0.1, 0.15) is 17.3 Å². The predicted octanol–water partition coefficient (Wildman–Crippen LogP) is 3.83. The van der Waals surface area contributed by atoms with Crippen LogP contribution in [0.15, 0.2) is 28.7 Å². The third-order valence-corrected chi connectivity index (χ3v) is 3.31. The highest BCUT2D eigenvalue weighted by molar-refractivity contribution is 5.94. The van der Waals surface area contributed by atoms with E-state index in [-0.39, 0.29) is 17.8 Å². The Labute approximate surface area is 117 Å². The number of halogens is 1. The van der Waals surface area contributed by atoms with Gasteiger partial charge in [-0.05, 0) is 57.5 Å². The molecule has 0 saturated carbocycles. The number of nitrogens with one attached hydrogen (secondary N) is 1. The molecule has 20 heavy (non-hydrogen) atoms. The fraction of sp³-hybridized carbons (Fsp3) is 0.312. The zero-order valence-corrected chi connectivity index (χ0v) is 12.1. The van der Waals surface area contributed by atoms with Crippen molar-refractivity contribution < 1.29 is 13.6 Å². The molecule has 2 rings (SSSR count). The van der Waals surface area contributed by atoms with Crippen molar-refractivity contribution in [3.63, 3.8) is 0 Å². The van der Waals surface area contributed by atoms with E-state index < -0.39 is 0 Å². The zero-order chi connectivity index (χ0) is 14.9. The molecule has 1 aromatic heterocycles. The van der Waals surface area contributed by atoms with Crippen molar-refractivity contribution in [2.75, 3.05) is 0 Å². The second-order valence-corrected chi connectivity index (χ2v) is 5.03. The number of amides is 1. The van der Waals surface area contributed by atoms with Gasteiger partial charge in [-0.3, -0.25) is 4.79 Å². The number of carbonyl (C=O) groups excluding carboxylic acids is 1. The van der Waals surface area contributed by atoms with Crippen molar-refractivity contribution >= 4 is 5.91 Å². The maximum Gasteiger partial charge on any atom is 0.251 e. The average Bonchev–Trinajstić information content (AvgIpc) is 2.71. The third kappa shape index (κ3) is 2.90. The molecular formula is C16H18FNO2. The first-order valence-electron chi connectivity index (χ1n) is 6.52. The van der Waals surface area contributed by atoms with Crippen molar-refractivity contribution in [3.8, 4) is 0 Å². The van der Waals surface area contributed by atoms with Gasteiger partial charge in [0.05, 0.1) is 6.04 Å². The summed E-state index contributed by atoms with van der Waals surface area (Å²) in [6.07, 6.45) is 0. The first-order chi connectivity index (χ1) is 9.38. The van der Waals surface area contributed by atoms with Crippen LogP contribution in [0.25, 0.3) is 0 Å². The lowest BCUT2D eigenvalue weighted by atomic mass is 10.1. The van der Waals surface area contributed by atoms with E-state index >= 15 is 0 Å². The van der Waals surface area contributed by atoms with E-state index in [9.17, 15) is 9.18 Å². The lowest BCUT2D eigenvalue weighted by Gasteiger charge is -2.13. The van der Waals surface area contributed by atoms with Crippen molar-refractivity contribution in [1.82, 2.24) is 5.32 Å². The Bertz CT molecular complexity index is 646. The normalized spacial score (nSPS) is 12.2. The lowest BCUT2D eigenvalue weighted by molar-refractivity contribution is 0.0939. The first kappa shape index (κ1) is 14.3. The predicted molar refractivity (Wildman–Crippen MR) is 75.2 cm³/mol. The van der Waals surface area contributed by atoms with Gasteiger partial charge in [-0.1, -0.05) is 0 Å². The monoisotopic (exact) mass is 275 g/mol. The summed E-state index contributed by atoms with van der Waals surface area (Å²) >= 11 is 0. The minimum absolute atomic E-state index is 0.162. The van der Waals surface area contributed by atoms with Crippen LogP contribution in [0.2, 0.25) is 0 Å². The molecular weight excluding hydrogens is 257 g/mol. The van der Waals surface area contributed by atoms with Gasteiger partial charge >= 0.3 is 0 Å². The SMILES string of the molecule is Cc1cc(C(C)NC(=O)c2ccc(F)c(C)c2)c(C)o1. The van der Waals surface area contributed by atoms with E-state index in [4.69, 9.17) is 4.42 Å². The number of furan rings is 1. The number of benzene rings is 1. The molecule has 2 aromatic rings.